The molecular weight excluding hydrogens is 1260 g/mol. The number of nitrogens with zero attached hydrogens (tertiary/aromatic N) is 9. The lowest BCUT2D eigenvalue weighted by Gasteiger charge is -2.24. The average Bonchev–Trinajstić information content (AvgIpc) is 1.83. The maximum atomic E-state index is 14.4. The second kappa shape index (κ2) is 28.5. The molecule has 0 spiro atoms. The molecule has 4 amide bonds. The molecule has 6 N–H and O–H groups in total. The van der Waals surface area contributed by atoms with Gasteiger partial charge in [0, 0.05) is 89.8 Å². The number of ether oxygens (including phenoxy) is 1. The number of aliphatic carboxylic acids is 2. The van der Waals surface area contributed by atoms with Crippen LogP contribution in [0.4, 0.5) is 0 Å². The zero-order valence-corrected chi connectivity index (χ0v) is 53.9. The number of Topliss-reactive ketones (excluding diaryl/α,β-unsaturated/α-hetero) is 1. The second-order valence-electron chi connectivity index (χ2n) is 21.3. The van der Waals surface area contributed by atoms with Crippen molar-refractivity contribution in [1.82, 2.24) is 65.7 Å². The molecule has 0 radical (unpaired) electrons. The maximum Gasteiger partial charge on any atom is 0.303 e. The smallest absolute Gasteiger partial charge is 0.303 e. The van der Waals surface area contributed by atoms with Gasteiger partial charge in [-0.05, 0) is 49.8 Å². The zero-order chi connectivity index (χ0) is 63.0. The number of nitrogens with one attached hydrogen (secondary N) is 4. The van der Waals surface area contributed by atoms with E-state index < -0.39 is 54.2 Å². The Labute approximate surface area is 534 Å². The number of methoxy groups -OCH3 is 1. The van der Waals surface area contributed by atoms with Crippen molar-refractivity contribution in [2.75, 3.05) is 20.7 Å². The molecule has 0 saturated carbocycles. The molecule has 1 aromatic carbocycles. The summed E-state index contributed by atoms with van der Waals surface area (Å²) in [5.74, 6) is -3.96. The Hall–Kier alpha value is -8.19. The first-order valence-electron chi connectivity index (χ1n) is 28.3. The highest BCUT2D eigenvalue weighted by Gasteiger charge is 2.33. The summed E-state index contributed by atoms with van der Waals surface area (Å²) < 4.78 is 7.30. The van der Waals surface area contributed by atoms with E-state index in [1.807, 2.05) is 73.3 Å². The van der Waals surface area contributed by atoms with Crippen LogP contribution >= 0.6 is 68.0 Å². The molecule has 9 heterocycles. The summed E-state index contributed by atoms with van der Waals surface area (Å²) in [6.07, 6.45) is 2.90. The summed E-state index contributed by atoms with van der Waals surface area (Å²) in [5, 5.41) is 40.3. The number of carboxylic acids is 2. The number of rotatable bonds is 17. The van der Waals surface area contributed by atoms with Crippen LogP contribution in [0.5, 0.6) is 0 Å². The third kappa shape index (κ3) is 15.1. The maximum absolute atomic E-state index is 14.4. The van der Waals surface area contributed by atoms with E-state index in [1.54, 1.807) is 29.1 Å². The fraction of sp³-hybridized carbons (Fsp3) is 0.350. The monoisotopic (exact) mass is 1320 g/mol. The molecule has 10 bridgehead atoms. The Morgan fingerprint density at radius 2 is 1.40 bits per heavy atom. The van der Waals surface area contributed by atoms with E-state index in [2.05, 4.69) is 21.3 Å². The van der Waals surface area contributed by atoms with Gasteiger partial charge in [-0.3, -0.25) is 38.1 Å². The molecule has 89 heavy (non-hydrogen) atoms. The fourth-order valence-corrected chi connectivity index (χ4v) is 15.6. The summed E-state index contributed by atoms with van der Waals surface area (Å²) >= 11 is 7.65. The number of amides is 4. The van der Waals surface area contributed by atoms with Crippen LogP contribution in [0.15, 0.2) is 70.2 Å². The molecule has 0 fully saturated rings. The predicted molar refractivity (Wildman–Crippen MR) is 340 cm³/mol. The Morgan fingerprint density at radius 1 is 0.708 bits per heavy atom. The number of pyridine rings is 1. The molecule has 8 aromatic heterocycles. The van der Waals surface area contributed by atoms with E-state index in [9.17, 15) is 43.8 Å². The van der Waals surface area contributed by atoms with Crippen molar-refractivity contribution in [1.29, 1.82) is 0 Å². The lowest BCUT2D eigenvalue weighted by Crippen LogP contribution is -2.40. The summed E-state index contributed by atoms with van der Waals surface area (Å²) in [7, 11) is 2.99. The highest BCUT2D eigenvalue weighted by Crippen LogP contribution is 2.41. The minimum absolute atomic E-state index is 0.0209. The van der Waals surface area contributed by atoms with Gasteiger partial charge in [0.25, 0.3) is 11.8 Å². The standard InChI is InChI=1S/C60H61N13O10S6/c1-29(2)35-20-41(74)50-31(4)88-59(71-50)37(21-45(75)61-5)65-53(81)39-26-84-55(67-39)34-18-19-36(57-69-44(28-87-57)73-23-33(14-10-16-47(77)78)63-43(73)15-11-17-48(79)80)64-51(34)38-25-85-58(66-38)40-27-86-60(68-40)49(30(3)32-12-8-7-9-13-32)70-46(76)22-62-54(82)52-42(24-83-6)89-56(35)72-52/h7-9,12-13,18-19,23,25-30,35,37,49H,10-11,14-17,20-22,24H2,1-6H3,(H,61,75)(H,62,82)(H,65,81)(H,70,76)(H,77,78)(H,79,80)/t30-,35?,37-,49-/m0/s1. The molecule has 1 aliphatic heterocycles. The number of carboxylic acid groups (broad SMARTS) is 2. The SMILES string of the molecule is CNC(=O)C[C@@H]1NC(=O)c2csc(n2)-c2ccc(-c3nc(-n4cc(CCCC(=O)O)nc4CCCC(=O)O)cs3)nc2-c2csc(n2)-c2csc(n2)[C@H]([C@@H](C)c2ccccc2)NC(=O)CNC(=O)c2nc(sc2COC)C(C(C)C)CC(=O)c2nc1sc2C. The normalized spacial score (nSPS) is 16.1. The third-order valence-corrected chi connectivity index (χ3v) is 20.4. The largest absolute Gasteiger partial charge is 0.481 e. The lowest BCUT2D eigenvalue weighted by atomic mass is 9.90. The predicted octanol–water partition coefficient (Wildman–Crippen LogP) is 10.3. The van der Waals surface area contributed by atoms with Crippen molar-refractivity contribution >= 4 is 109 Å². The van der Waals surface area contributed by atoms with Crippen LogP contribution in [-0.2, 0) is 43.4 Å². The van der Waals surface area contributed by atoms with Crippen LogP contribution in [0.25, 0.3) is 49.2 Å². The second-order valence-corrected chi connectivity index (χ2v) is 27.1. The van der Waals surface area contributed by atoms with Gasteiger partial charge >= 0.3 is 11.9 Å². The number of hydrogen-bond acceptors (Lipinski definition) is 22. The highest BCUT2D eigenvalue weighted by atomic mass is 32.1. The molecule has 0 saturated heterocycles. The Balaban J connectivity index is 1.05. The van der Waals surface area contributed by atoms with Crippen LogP contribution in [0.2, 0.25) is 0 Å². The molecule has 462 valence electrons. The lowest BCUT2D eigenvalue weighted by molar-refractivity contribution is -0.138. The summed E-state index contributed by atoms with van der Waals surface area (Å²) in [5.41, 5.74) is 4.30. The number of ketones is 1. The van der Waals surface area contributed by atoms with Crippen molar-refractivity contribution < 1.29 is 48.5 Å². The number of fused-ring (bicyclic) bond motifs is 14. The zero-order valence-electron chi connectivity index (χ0n) is 49.0. The Bertz CT molecular complexity index is 4090. The topological polar surface area (TPSA) is 325 Å². The molecular formula is C60H61N13O10S6. The number of aryl methyl sites for hydroxylation is 3. The molecule has 0 aliphatic carbocycles. The number of carbonyl (C=O) groups excluding carboxylic acids is 5. The molecule has 10 rings (SSSR count). The van der Waals surface area contributed by atoms with Crippen molar-refractivity contribution in [3.63, 3.8) is 0 Å². The van der Waals surface area contributed by atoms with Crippen LogP contribution in [0.1, 0.15) is 157 Å². The number of benzene rings is 1. The van der Waals surface area contributed by atoms with Gasteiger partial charge in [-0.25, -0.2) is 39.9 Å². The molecule has 1 aliphatic rings. The minimum atomic E-state index is -0.962. The van der Waals surface area contributed by atoms with Gasteiger partial charge in [0.2, 0.25) is 11.8 Å². The van der Waals surface area contributed by atoms with Gasteiger partial charge in [-0.1, -0.05) is 51.1 Å². The Kier molecular flexibility index (Phi) is 20.5. The van der Waals surface area contributed by atoms with Crippen molar-refractivity contribution in [3.8, 4) is 49.2 Å². The van der Waals surface area contributed by atoms with Gasteiger partial charge in [-0.15, -0.1) is 68.0 Å². The number of hydrogen-bond donors (Lipinski definition) is 6. The van der Waals surface area contributed by atoms with Gasteiger partial charge < -0.3 is 36.2 Å². The van der Waals surface area contributed by atoms with E-state index in [1.165, 1.54) is 82.2 Å². The van der Waals surface area contributed by atoms with Crippen LogP contribution < -0.4 is 21.3 Å². The van der Waals surface area contributed by atoms with E-state index in [0.29, 0.717) is 111 Å². The molecule has 23 nitrogen and oxygen atoms in total. The first kappa shape index (κ1) is 63.8. The summed E-state index contributed by atoms with van der Waals surface area (Å²) in [4.78, 5) is 134. The average molecular weight is 1320 g/mol. The highest BCUT2D eigenvalue weighted by molar-refractivity contribution is 7.15. The van der Waals surface area contributed by atoms with E-state index in [-0.39, 0.29) is 72.9 Å². The molecule has 1 unspecified atom stereocenters. The number of aromatic nitrogens is 9. The van der Waals surface area contributed by atoms with E-state index in [4.69, 9.17) is 44.6 Å². The summed E-state index contributed by atoms with van der Waals surface area (Å²) in [6.45, 7) is 7.33. The fourth-order valence-electron chi connectivity index (χ4n) is 9.96. The quantitative estimate of drug-likeness (QED) is 0.0493. The van der Waals surface area contributed by atoms with Crippen LogP contribution in [-0.4, -0.2) is 117 Å². The van der Waals surface area contributed by atoms with Crippen molar-refractivity contribution in [2.24, 2.45) is 5.92 Å². The molecule has 29 heteroatoms. The van der Waals surface area contributed by atoms with Crippen LogP contribution in [0, 0.1) is 12.8 Å². The number of thiazole rings is 6. The van der Waals surface area contributed by atoms with Crippen molar-refractivity contribution in [2.45, 2.75) is 110 Å². The van der Waals surface area contributed by atoms with Crippen LogP contribution in [0.3, 0.4) is 0 Å². The van der Waals surface area contributed by atoms with Gasteiger partial charge in [0.05, 0.1) is 52.9 Å². The van der Waals surface area contributed by atoms with Gasteiger partial charge in [0.1, 0.15) is 70.8 Å². The molecule has 9 aromatic rings. The van der Waals surface area contributed by atoms with E-state index in [0.717, 1.165) is 5.56 Å². The van der Waals surface area contributed by atoms with E-state index >= 15 is 0 Å². The number of imidazole rings is 1. The molecule has 4 atom stereocenters. The first-order valence-corrected chi connectivity index (χ1v) is 33.5. The summed E-state index contributed by atoms with van der Waals surface area (Å²) in [6, 6.07) is 11.7. The Morgan fingerprint density at radius 3 is 2.15 bits per heavy atom. The van der Waals surface area contributed by atoms with Gasteiger partial charge in [0.15, 0.2) is 5.78 Å². The van der Waals surface area contributed by atoms with Crippen molar-refractivity contribution in [3.05, 3.63) is 129 Å². The first-order chi connectivity index (χ1) is 42.8. The third-order valence-electron chi connectivity index (χ3n) is 14.6. The van der Waals surface area contributed by atoms with Gasteiger partial charge in [-0.2, -0.15) is 0 Å². The minimum Gasteiger partial charge on any atom is -0.481 e. The number of carbonyl (C=O) groups is 7.